The van der Waals surface area contributed by atoms with Gasteiger partial charge in [-0.25, -0.2) is 4.79 Å². The van der Waals surface area contributed by atoms with Gasteiger partial charge in [-0.05, 0) is 59.0 Å². The first-order valence-corrected chi connectivity index (χ1v) is 6.20. The Morgan fingerprint density at radius 3 is 1.94 bits per heavy atom. The SMILES string of the molecule is O=C(Nc1ccccc1)Nc1ccc(I)cc1. The van der Waals surface area contributed by atoms with E-state index in [1.807, 2.05) is 54.6 Å². The molecule has 0 aliphatic carbocycles. The zero-order valence-electron chi connectivity index (χ0n) is 8.98. The second-order valence-corrected chi connectivity index (χ2v) is 4.70. The molecule has 0 spiro atoms. The summed E-state index contributed by atoms with van der Waals surface area (Å²) in [6.07, 6.45) is 0. The molecule has 0 bridgehead atoms. The minimum Gasteiger partial charge on any atom is -0.308 e. The van der Waals surface area contributed by atoms with Crippen LogP contribution in [-0.2, 0) is 0 Å². The standard InChI is InChI=1S/C13H11IN2O/c14-10-6-8-12(9-7-10)16-13(17)15-11-4-2-1-3-5-11/h1-9H,(H2,15,16,17). The number of amides is 2. The Kier molecular flexibility index (Phi) is 3.98. The minimum atomic E-state index is -0.239. The largest absolute Gasteiger partial charge is 0.323 e. The number of rotatable bonds is 2. The van der Waals surface area contributed by atoms with E-state index in [0.717, 1.165) is 14.9 Å². The molecule has 4 heteroatoms. The van der Waals surface area contributed by atoms with Crippen molar-refractivity contribution >= 4 is 40.0 Å². The third kappa shape index (κ3) is 3.74. The molecule has 3 nitrogen and oxygen atoms in total. The maximum Gasteiger partial charge on any atom is 0.323 e. The van der Waals surface area contributed by atoms with Gasteiger partial charge in [0.25, 0.3) is 0 Å². The Morgan fingerprint density at radius 2 is 1.35 bits per heavy atom. The molecule has 0 unspecified atom stereocenters. The number of hydrogen-bond donors (Lipinski definition) is 2. The molecule has 17 heavy (non-hydrogen) atoms. The fraction of sp³-hybridized carbons (Fsp3) is 0. The number of carbonyl (C=O) groups excluding carboxylic acids is 1. The van der Waals surface area contributed by atoms with E-state index in [4.69, 9.17) is 0 Å². The van der Waals surface area contributed by atoms with Crippen molar-refractivity contribution in [1.29, 1.82) is 0 Å². The number of para-hydroxylation sites is 1. The van der Waals surface area contributed by atoms with Gasteiger partial charge in [0.1, 0.15) is 0 Å². The van der Waals surface area contributed by atoms with Gasteiger partial charge in [-0.3, -0.25) is 0 Å². The van der Waals surface area contributed by atoms with Gasteiger partial charge in [0.05, 0.1) is 0 Å². The lowest BCUT2D eigenvalue weighted by Crippen LogP contribution is -2.19. The number of nitrogens with one attached hydrogen (secondary N) is 2. The van der Waals surface area contributed by atoms with Crippen molar-refractivity contribution in [3.05, 3.63) is 58.2 Å². The third-order valence-corrected chi connectivity index (χ3v) is 2.85. The van der Waals surface area contributed by atoms with Gasteiger partial charge >= 0.3 is 6.03 Å². The summed E-state index contributed by atoms with van der Waals surface area (Å²) in [6.45, 7) is 0. The maximum atomic E-state index is 11.6. The van der Waals surface area contributed by atoms with E-state index in [0.29, 0.717) is 0 Å². The number of halogens is 1. The van der Waals surface area contributed by atoms with E-state index < -0.39 is 0 Å². The van der Waals surface area contributed by atoms with Crippen LogP contribution in [0.3, 0.4) is 0 Å². The van der Waals surface area contributed by atoms with Crippen LogP contribution >= 0.6 is 22.6 Å². The molecular formula is C13H11IN2O. The molecule has 0 saturated carbocycles. The lowest BCUT2D eigenvalue weighted by Gasteiger charge is -2.07. The highest BCUT2D eigenvalue weighted by Gasteiger charge is 2.01. The zero-order chi connectivity index (χ0) is 12.1. The van der Waals surface area contributed by atoms with Gasteiger partial charge in [0.2, 0.25) is 0 Å². The van der Waals surface area contributed by atoms with Crippen LogP contribution in [0, 0.1) is 3.57 Å². The molecular weight excluding hydrogens is 327 g/mol. The quantitative estimate of drug-likeness (QED) is 0.801. The Labute approximate surface area is 113 Å². The van der Waals surface area contributed by atoms with Crippen LogP contribution in [0.15, 0.2) is 54.6 Å². The van der Waals surface area contributed by atoms with Crippen LogP contribution in [0.5, 0.6) is 0 Å². The second kappa shape index (κ2) is 5.67. The smallest absolute Gasteiger partial charge is 0.308 e. The molecule has 0 aliphatic rings. The maximum absolute atomic E-state index is 11.6. The molecule has 0 heterocycles. The highest BCUT2D eigenvalue weighted by Crippen LogP contribution is 2.12. The first-order valence-electron chi connectivity index (χ1n) is 5.13. The molecule has 0 aromatic heterocycles. The molecule has 0 aliphatic heterocycles. The van der Waals surface area contributed by atoms with Crippen LogP contribution in [0.1, 0.15) is 0 Å². The predicted molar refractivity (Wildman–Crippen MR) is 78.2 cm³/mol. The topological polar surface area (TPSA) is 41.1 Å². The molecule has 0 saturated heterocycles. The van der Waals surface area contributed by atoms with Crippen molar-refractivity contribution in [2.45, 2.75) is 0 Å². The van der Waals surface area contributed by atoms with Crippen molar-refractivity contribution in [3.63, 3.8) is 0 Å². The van der Waals surface area contributed by atoms with E-state index in [9.17, 15) is 4.79 Å². The van der Waals surface area contributed by atoms with E-state index in [-0.39, 0.29) is 6.03 Å². The summed E-state index contributed by atoms with van der Waals surface area (Å²) >= 11 is 2.22. The summed E-state index contributed by atoms with van der Waals surface area (Å²) in [5.41, 5.74) is 1.55. The molecule has 2 rings (SSSR count). The van der Waals surface area contributed by atoms with Crippen LogP contribution in [-0.4, -0.2) is 6.03 Å². The summed E-state index contributed by atoms with van der Waals surface area (Å²) < 4.78 is 1.14. The van der Waals surface area contributed by atoms with Crippen LogP contribution in [0.4, 0.5) is 16.2 Å². The van der Waals surface area contributed by atoms with Crippen molar-refractivity contribution < 1.29 is 4.79 Å². The Bertz CT molecular complexity index is 497. The molecule has 2 amide bonds. The molecule has 2 aromatic rings. The van der Waals surface area contributed by atoms with Crippen LogP contribution in [0.25, 0.3) is 0 Å². The summed E-state index contributed by atoms with van der Waals surface area (Å²) in [5, 5.41) is 5.52. The molecule has 0 fully saturated rings. The Morgan fingerprint density at radius 1 is 0.824 bits per heavy atom. The van der Waals surface area contributed by atoms with E-state index in [1.165, 1.54) is 0 Å². The van der Waals surface area contributed by atoms with Crippen LogP contribution in [0.2, 0.25) is 0 Å². The van der Waals surface area contributed by atoms with E-state index in [1.54, 1.807) is 0 Å². The Balaban J connectivity index is 1.96. The number of urea groups is 1. The fourth-order valence-corrected chi connectivity index (χ4v) is 1.71. The van der Waals surface area contributed by atoms with Crippen molar-refractivity contribution in [3.8, 4) is 0 Å². The number of anilines is 2. The van der Waals surface area contributed by atoms with E-state index >= 15 is 0 Å². The molecule has 2 aromatic carbocycles. The monoisotopic (exact) mass is 338 g/mol. The summed E-state index contributed by atoms with van der Waals surface area (Å²) in [7, 11) is 0. The van der Waals surface area contributed by atoms with Gasteiger partial charge in [-0.15, -0.1) is 0 Å². The lowest BCUT2D eigenvalue weighted by molar-refractivity contribution is 0.262. The van der Waals surface area contributed by atoms with Crippen LogP contribution < -0.4 is 10.6 Å². The average Bonchev–Trinajstić information content (AvgIpc) is 2.33. The molecule has 86 valence electrons. The van der Waals surface area contributed by atoms with Gasteiger partial charge in [0, 0.05) is 14.9 Å². The van der Waals surface area contributed by atoms with Crippen molar-refractivity contribution in [1.82, 2.24) is 0 Å². The van der Waals surface area contributed by atoms with Gasteiger partial charge in [0.15, 0.2) is 0 Å². The van der Waals surface area contributed by atoms with Gasteiger partial charge in [-0.2, -0.15) is 0 Å². The molecule has 2 N–H and O–H groups in total. The van der Waals surface area contributed by atoms with Gasteiger partial charge in [-0.1, -0.05) is 18.2 Å². The normalized spacial score (nSPS) is 9.71. The highest BCUT2D eigenvalue weighted by atomic mass is 127. The Hall–Kier alpha value is -1.56. The lowest BCUT2D eigenvalue weighted by atomic mass is 10.3. The number of benzene rings is 2. The first kappa shape index (κ1) is 11.9. The minimum absolute atomic E-state index is 0.239. The third-order valence-electron chi connectivity index (χ3n) is 2.13. The predicted octanol–water partition coefficient (Wildman–Crippen LogP) is 3.94. The summed E-state index contributed by atoms with van der Waals surface area (Å²) in [5.74, 6) is 0. The first-order chi connectivity index (χ1) is 8.24. The summed E-state index contributed by atoms with van der Waals surface area (Å²) in [6, 6.07) is 16.7. The van der Waals surface area contributed by atoms with Crippen molar-refractivity contribution in [2.24, 2.45) is 0 Å². The second-order valence-electron chi connectivity index (χ2n) is 3.45. The number of hydrogen-bond acceptors (Lipinski definition) is 1. The zero-order valence-corrected chi connectivity index (χ0v) is 11.1. The van der Waals surface area contributed by atoms with Crippen molar-refractivity contribution in [2.75, 3.05) is 10.6 Å². The number of carbonyl (C=O) groups is 1. The summed E-state index contributed by atoms with van der Waals surface area (Å²) in [4.78, 5) is 11.6. The van der Waals surface area contributed by atoms with Gasteiger partial charge < -0.3 is 10.6 Å². The average molecular weight is 338 g/mol. The van der Waals surface area contributed by atoms with E-state index in [2.05, 4.69) is 33.2 Å². The fourth-order valence-electron chi connectivity index (χ4n) is 1.35. The molecule has 0 atom stereocenters. The highest BCUT2D eigenvalue weighted by molar-refractivity contribution is 14.1. The molecule has 0 radical (unpaired) electrons.